The topological polar surface area (TPSA) is 63.7 Å². The highest BCUT2D eigenvalue weighted by molar-refractivity contribution is 6.30. The summed E-state index contributed by atoms with van der Waals surface area (Å²) in [6.07, 6.45) is 2.64. The number of benzene rings is 2. The van der Waals surface area contributed by atoms with E-state index in [1.54, 1.807) is 30.5 Å². The van der Waals surface area contributed by atoms with Crippen molar-refractivity contribution in [2.45, 2.75) is 12.5 Å². The molecule has 1 fully saturated rings. The molecule has 1 saturated heterocycles. The summed E-state index contributed by atoms with van der Waals surface area (Å²) < 4.78 is 11.5. The molecule has 3 aromatic rings. The molecule has 0 bridgehead atoms. The highest BCUT2D eigenvalue weighted by Gasteiger charge is 2.25. The van der Waals surface area contributed by atoms with Gasteiger partial charge in [-0.3, -0.25) is 4.79 Å². The first-order chi connectivity index (χ1) is 15.0. The Morgan fingerprint density at radius 2 is 1.68 bits per heavy atom. The number of amides is 1. The number of carbonyl (C=O) groups is 1. The average Bonchev–Trinajstić information content (AvgIpc) is 3.24. The summed E-state index contributed by atoms with van der Waals surface area (Å²) in [4.78, 5) is 18.7. The number of carbonyl (C=O) groups excluding carboxylic acids is 1. The average molecular weight is 458 g/mol. The summed E-state index contributed by atoms with van der Waals surface area (Å²) in [6, 6.07) is 17.9. The van der Waals surface area contributed by atoms with E-state index in [0.29, 0.717) is 21.5 Å². The van der Waals surface area contributed by atoms with Crippen molar-refractivity contribution in [3.63, 3.8) is 0 Å². The molecular weight excluding hydrogens is 437 g/mol. The maximum absolute atomic E-state index is 12.1. The van der Waals surface area contributed by atoms with E-state index in [-0.39, 0.29) is 18.6 Å². The number of nitrogens with zero attached hydrogens (tertiary/aromatic N) is 2. The molecule has 0 aliphatic carbocycles. The van der Waals surface area contributed by atoms with Gasteiger partial charge >= 0.3 is 0 Å². The van der Waals surface area contributed by atoms with E-state index in [2.05, 4.69) is 15.2 Å². The monoisotopic (exact) mass is 457 g/mol. The third-order valence-corrected chi connectivity index (χ3v) is 5.30. The lowest BCUT2D eigenvalue weighted by Gasteiger charge is -2.18. The number of nitrogens with one attached hydrogen (secondary N) is 1. The highest BCUT2D eigenvalue weighted by atomic mass is 35.5. The third-order valence-electron chi connectivity index (χ3n) is 4.80. The van der Waals surface area contributed by atoms with Gasteiger partial charge in [-0.15, -0.1) is 0 Å². The number of aromatic nitrogens is 1. The molecule has 0 saturated carbocycles. The first kappa shape index (κ1) is 21.3. The van der Waals surface area contributed by atoms with Crippen LogP contribution in [0.15, 0.2) is 66.9 Å². The molecule has 0 spiro atoms. The zero-order valence-electron chi connectivity index (χ0n) is 16.6. The molecule has 2 heterocycles. The predicted molar refractivity (Wildman–Crippen MR) is 123 cm³/mol. The molecule has 1 atom stereocenters. The second-order valence-corrected chi connectivity index (χ2v) is 8.00. The molecular formula is C23H21Cl2N3O3. The van der Waals surface area contributed by atoms with Crippen LogP contribution in [0.25, 0.3) is 0 Å². The van der Waals surface area contributed by atoms with Gasteiger partial charge in [0.05, 0.1) is 18.4 Å². The van der Waals surface area contributed by atoms with Crippen molar-refractivity contribution >= 4 is 40.6 Å². The van der Waals surface area contributed by atoms with Crippen LogP contribution in [0.3, 0.4) is 0 Å². The molecule has 1 N–H and O–H groups in total. The Balaban J connectivity index is 1.25. The Morgan fingerprint density at radius 3 is 2.32 bits per heavy atom. The molecule has 31 heavy (non-hydrogen) atoms. The lowest BCUT2D eigenvalue weighted by Crippen LogP contribution is -2.25. The number of pyridine rings is 1. The van der Waals surface area contributed by atoms with Gasteiger partial charge in [0.1, 0.15) is 23.4 Å². The van der Waals surface area contributed by atoms with E-state index in [9.17, 15) is 4.79 Å². The standard InChI is InChI=1S/C23H21Cl2N3O3/c24-16-1-6-19(7-2-16)30-15-23(29)27-18-5-10-22(26-13-18)28-12-11-21(14-28)31-20-8-3-17(25)4-9-20/h1-10,13,21H,11-12,14-15H2,(H,27,29). The molecule has 0 radical (unpaired) electrons. The molecule has 1 aliphatic heterocycles. The van der Waals surface area contributed by atoms with Crippen molar-refractivity contribution in [2.75, 3.05) is 29.9 Å². The van der Waals surface area contributed by atoms with Gasteiger partial charge < -0.3 is 19.7 Å². The smallest absolute Gasteiger partial charge is 0.262 e. The molecule has 4 rings (SSSR count). The van der Waals surface area contributed by atoms with Crippen molar-refractivity contribution in [3.05, 3.63) is 76.9 Å². The highest BCUT2D eigenvalue weighted by Crippen LogP contribution is 2.24. The fourth-order valence-electron chi connectivity index (χ4n) is 3.26. The second kappa shape index (κ2) is 9.90. The first-order valence-corrected chi connectivity index (χ1v) is 10.6. The number of halogens is 2. The van der Waals surface area contributed by atoms with E-state index in [0.717, 1.165) is 31.1 Å². The van der Waals surface area contributed by atoms with Gasteiger partial charge in [-0.25, -0.2) is 4.98 Å². The quantitative estimate of drug-likeness (QED) is 0.536. The lowest BCUT2D eigenvalue weighted by atomic mass is 10.3. The Morgan fingerprint density at radius 1 is 1.00 bits per heavy atom. The van der Waals surface area contributed by atoms with Crippen molar-refractivity contribution in [1.29, 1.82) is 0 Å². The van der Waals surface area contributed by atoms with Crippen molar-refractivity contribution in [3.8, 4) is 11.5 Å². The summed E-state index contributed by atoms with van der Waals surface area (Å²) in [5.74, 6) is 1.97. The molecule has 1 aromatic heterocycles. The number of ether oxygens (including phenoxy) is 2. The molecule has 8 heteroatoms. The van der Waals surface area contributed by atoms with Gasteiger partial charge in [-0.1, -0.05) is 23.2 Å². The molecule has 160 valence electrons. The maximum atomic E-state index is 12.1. The van der Waals surface area contributed by atoms with Gasteiger partial charge in [0.15, 0.2) is 6.61 Å². The normalized spacial score (nSPS) is 15.5. The van der Waals surface area contributed by atoms with Crippen LogP contribution in [0.2, 0.25) is 10.0 Å². The van der Waals surface area contributed by atoms with Crippen LogP contribution in [-0.2, 0) is 4.79 Å². The molecule has 1 unspecified atom stereocenters. The molecule has 2 aromatic carbocycles. The third kappa shape index (κ3) is 6.03. The van der Waals surface area contributed by atoms with E-state index in [1.807, 2.05) is 36.4 Å². The summed E-state index contributed by atoms with van der Waals surface area (Å²) in [5.41, 5.74) is 0.613. The van der Waals surface area contributed by atoms with Crippen LogP contribution < -0.4 is 19.7 Å². The summed E-state index contributed by atoms with van der Waals surface area (Å²) in [5, 5.41) is 4.08. The van der Waals surface area contributed by atoms with Crippen molar-refractivity contribution in [1.82, 2.24) is 4.98 Å². The van der Waals surface area contributed by atoms with E-state index >= 15 is 0 Å². The van der Waals surface area contributed by atoms with Crippen molar-refractivity contribution in [2.24, 2.45) is 0 Å². The SMILES string of the molecule is O=C(COc1ccc(Cl)cc1)Nc1ccc(N2CCC(Oc3ccc(Cl)cc3)C2)nc1. The molecule has 1 aliphatic rings. The van der Waals surface area contributed by atoms with Crippen LogP contribution >= 0.6 is 23.2 Å². The Bertz CT molecular complexity index is 1010. The predicted octanol–water partition coefficient (Wildman–Crippen LogP) is 5.06. The fourth-order valence-corrected chi connectivity index (χ4v) is 3.51. The fraction of sp³-hybridized carbons (Fsp3) is 0.217. The minimum atomic E-state index is -0.262. The van der Waals surface area contributed by atoms with Crippen LogP contribution in [0.5, 0.6) is 11.5 Å². The molecule has 6 nitrogen and oxygen atoms in total. The summed E-state index contributed by atoms with van der Waals surface area (Å²) in [6.45, 7) is 1.50. The van der Waals surface area contributed by atoms with Gasteiger partial charge in [0.2, 0.25) is 0 Å². The van der Waals surface area contributed by atoms with E-state index in [1.165, 1.54) is 0 Å². The number of anilines is 2. The summed E-state index contributed by atoms with van der Waals surface area (Å²) in [7, 11) is 0. The molecule has 1 amide bonds. The van der Waals surface area contributed by atoms with Gasteiger partial charge in [-0.05, 0) is 60.7 Å². The second-order valence-electron chi connectivity index (χ2n) is 7.12. The minimum Gasteiger partial charge on any atom is -0.489 e. The van der Waals surface area contributed by atoms with Gasteiger partial charge in [-0.2, -0.15) is 0 Å². The van der Waals surface area contributed by atoms with Crippen LogP contribution in [0.4, 0.5) is 11.5 Å². The van der Waals surface area contributed by atoms with E-state index in [4.69, 9.17) is 32.7 Å². The number of hydrogen-bond donors (Lipinski definition) is 1. The minimum absolute atomic E-state index is 0.0902. The Hall–Kier alpha value is -2.96. The number of hydrogen-bond acceptors (Lipinski definition) is 5. The lowest BCUT2D eigenvalue weighted by molar-refractivity contribution is -0.118. The van der Waals surface area contributed by atoms with Gasteiger partial charge in [0.25, 0.3) is 5.91 Å². The zero-order chi connectivity index (χ0) is 21.6. The Kier molecular flexibility index (Phi) is 6.79. The van der Waals surface area contributed by atoms with Crippen LogP contribution in [0, 0.1) is 0 Å². The van der Waals surface area contributed by atoms with Crippen LogP contribution in [0.1, 0.15) is 6.42 Å². The first-order valence-electron chi connectivity index (χ1n) is 9.86. The van der Waals surface area contributed by atoms with E-state index < -0.39 is 0 Å². The Labute approximate surface area is 190 Å². The summed E-state index contributed by atoms with van der Waals surface area (Å²) >= 11 is 11.8. The van der Waals surface area contributed by atoms with Gasteiger partial charge in [0, 0.05) is 23.0 Å². The maximum Gasteiger partial charge on any atom is 0.262 e. The van der Waals surface area contributed by atoms with Crippen molar-refractivity contribution < 1.29 is 14.3 Å². The largest absolute Gasteiger partial charge is 0.489 e. The zero-order valence-corrected chi connectivity index (χ0v) is 18.1. The number of rotatable bonds is 7. The van der Waals surface area contributed by atoms with Crippen LogP contribution in [-0.4, -0.2) is 36.7 Å².